The first-order chi connectivity index (χ1) is 13.6. The lowest BCUT2D eigenvalue weighted by molar-refractivity contribution is -0.131. The molecule has 2 aromatic rings. The summed E-state index contributed by atoms with van der Waals surface area (Å²) < 4.78 is 6.11. The van der Waals surface area contributed by atoms with Gasteiger partial charge in [0, 0.05) is 24.0 Å². The van der Waals surface area contributed by atoms with Crippen LogP contribution in [0.15, 0.2) is 60.3 Å². The molecule has 2 aliphatic heterocycles. The van der Waals surface area contributed by atoms with E-state index in [1.807, 2.05) is 12.1 Å². The van der Waals surface area contributed by atoms with E-state index in [-0.39, 0.29) is 34.8 Å². The summed E-state index contributed by atoms with van der Waals surface area (Å²) in [4.78, 5) is 36.9. The molecule has 1 aliphatic carbocycles. The molecule has 6 nitrogen and oxygen atoms in total. The van der Waals surface area contributed by atoms with Gasteiger partial charge in [-0.25, -0.2) is 4.98 Å². The predicted molar refractivity (Wildman–Crippen MR) is 103 cm³/mol. The highest BCUT2D eigenvalue weighted by Crippen LogP contribution is 2.48. The number of hydrogen-bond acceptors (Lipinski definition) is 5. The van der Waals surface area contributed by atoms with Crippen LogP contribution in [-0.4, -0.2) is 33.1 Å². The molecule has 0 bridgehead atoms. The number of rotatable bonds is 2. The first-order valence-corrected chi connectivity index (χ1v) is 9.82. The van der Waals surface area contributed by atoms with Crippen LogP contribution in [0.1, 0.15) is 30.9 Å². The summed E-state index contributed by atoms with van der Waals surface area (Å²) in [6, 6.07) is 8.41. The minimum absolute atomic E-state index is 0.0442. The Morgan fingerprint density at radius 3 is 2.75 bits per heavy atom. The molecule has 1 amide bonds. The molecule has 0 N–H and O–H groups in total. The molecule has 3 aliphatic rings. The molecule has 5 rings (SSSR count). The second-order valence-electron chi connectivity index (χ2n) is 7.33. The average molecular weight is 396 g/mol. The Morgan fingerprint density at radius 2 is 2.00 bits per heavy atom. The van der Waals surface area contributed by atoms with E-state index in [2.05, 4.69) is 9.97 Å². The zero-order valence-corrected chi connectivity index (χ0v) is 15.7. The topological polar surface area (TPSA) is 72.4 Å². The van der Waals surface area contributed by atoms with Crippen molar-refractivity contribution in [1.29, 1.82) is 0 Å². The molecular weight excluding hydrogens is 378 g/mol. The monoisotopic (exact) mass is 395 g/mol. The van der Waals surface area contributed by atoms with Crippen LogP contribution in [0.2, 0.25) is 0 Å². The Hall–Kier alpha value is -2.73. The van der Waals surface area contributed by atoms with Crippen LogP contribution in [0.4, 0.5) is 5.82 Å². The van der Waals surface area contributed by atoms with E-state index in [4.69, 9.17) is 16.3 Å². The summed E-state index contributed by atoms with van der Waals surface area (Å²) in [6.07, 6.45) is 6.70. The molecule has 142 valence electrons. The van der Waals surface area contributed by atoms with Crippen LogP contribution >= 0.6 is 11.6 Å². The first kappa shape index (κ1) is 17.4. The lowest BCUT2D eigenvalue weighted by atomic mass is 9.77. The predicted octanol–water partition coefficient (Wildman–Crippen LogP) is 3.19. The Kier molecular flexibility index (Phi) is 4.16. The van der Waals surface area contributed by atoms with Crippen LogP contribution in [0.25, 0.3) is 0 Å². The van der Waals surface area contributed by atoms with E-state index in [0.29, 0.717) is 24.2 Å². The van der Waals surface area contributed by atoms with E-state index in [1.54, 1.807) is 36.8 Å². The molecule has 4 heterocycles. The number of fused-ring (bicyclic) bond motifs is 1. The number of hydrogen-bond donors (Lipinski definition) is 0. The molecule has 1 saturated carbocycles. The number of halogens is 1. The highest BCUT2D eigenvalue weighted by atomic mass is 35.5. The second-order valence-corrected chi connectivity index (χ2v) is 7.95. The van der Waals surface area contributed by atoms with Crippen LogP contribution < -0.4 is 4.90 Å². The molecule has 0 radical (unpaired) electrons. The Balaban J connectivity index is 1.64. The van der Waals surface area contributed by atoms with Crippen molar-refractivity contribution in [2.45, 2.75) is 36.8 Å². The number of ketones is 1. The van der Waals surface area contributed by atoms with Crippen LogP contribution in [0, 0.1) is 5.92 Å². The van der Waals surface area contributed by atoms with Crippen LogP contribution in [0.3, 0.4) is 0 Å². The van der Waals surface area contributed by atoms with Gasteiger partial charge in [0.1, 0.15) is 11.9 Å². The maximum absolute atomic E-state index is 13.5. The van der Waals surface area contributed by atoms with Gasteiger partial charge < -0.3 is 4.74 Å². The number of anilines is 1. The molecule has 1 fully saturated rings. The summed E-state index contributed by atoms with van der Waals surface area (Å²) in [5.41, 5.74) is 1.15. The van der Waals surface area contributed by atoms with Gasteiger partial charge in [-0.15, -0.1) is 11.6 Å². The van der Waals surface area contributed by atoms with Crippen molar-refractivity contribution in [2.75, 3.05) is 4.90 Å². The minimum Gasteiger partial charge on any atom is -0.483 e. The number of alkyl halides is 1. The van der Waals surface area contributed by atoms with Gasteiger partial charge in [0.05, 0.1) is 17.5 Å². The maximum Gasteiger partial charge on any atom is 0.295 e. The third kappa shape index (κ3) is 2.63. The second kappa shape index (κ2) is 6.71. The average Bonchev–Trinajstić information content (AvgIpc) is 3.03. The zero-order chi connectivity index (χ0) is 19.3. The number of carbonyl (C=O) groups is 2. The number of ether oxygens (including phenoxy) is 1. The van der Waals surface area contributed by atoms with Gasteiger partial charge in [0.2, 0.25) is 0 Å². The van der Waals surface area contributed by atoms with Crippen molar-refractivity contribution in [1.82, 2.24) is 9.97 Å². The quantitative estimate of drug-likeness (QED) is 0.730. The summed E-state index contributed by atoms with van der Waals surface area (Å²) in [7, 11) is 0. The lowest BCUT2D eigenvalue weighted by Crippen LogP contribution is -2.41. The van der Waals surface area contributed by atoms with Crippen molar-refractivity contribution in [2.24, 2.45) is 5.92 Å². The Bertz CT molecular complexity index is 963. The number of pyridine rings is 2. The highest BCUT2D eigenvalue weighted by Gasteiger charge is 2.53. The summed E-state index contributed by atoms with van der Waals surface area (Å²) >= 11 is 6.33. The van der Waals surface area contributed by atoms with Crippen molar-refractivity contribution in [3.05, 3.63) is 65.8 Å². The van der Waals surface area contributed by atoms with Crippen LogP contribution in [-0.2, 0) is 14.3 Å². The SMILES string of the molecule is O=C1C2=C(OC3CCC(Cl)CC13)C(=O)N(c1ccccn1)C2c1cccnc1. The third-order valence-electron chi connectivity index (χ3n) is 5.68. The van der Waals surface area contributed by atoms with Gasteiger partial charge in [-0.05, 0) is 43.0 Å². The molecule has 2 aromatic heterocycles. The third-order valence-corrected chi connectivity index (χ3v) is 6.08. The van der Waals surface area contributed by atoms with Crippen molar-refractivity contribution in [3.63, 3.8) is 0 Å². The first-order valence-electron chi connectivity index (χ1n) is 9.38. The molecule has 0 aromatic carbocycles. The fraction of sp³-hybridized carbons (Fsp3) is 0.333. The standard InChI is InChI=1S/C21H18ClN3O3/c22-13-6-7-15-14(10-13)19(26)17-18(12-4-3-8-23-11-12)25(21(27)20(17)28-15)16-5-1-2-9-24-16/h1-5,8-9,11,13-15,18H,6-7,10H2. The van der Waals surface area contributed by atoms with Crippen molar-refractivity contribution in [3.8, 4) is 0 Å². The van der Waals surface area contributed by atoms with E-state index < -0.39 is 6.04 Å². The van der Waals surface area contributed by atoms with E-state index in [0.717, 1.165) is 12.0 Å². The number of nitrogens with zero attached hydrogens (tertiary/aromatic N) is 3. The number of aromatic nitrogens is 2. The molecule has 7 heteroatoms. The normalized spacial score (nSPS) is 29.4. The molecule has 4 unspecified atom stereocenters. The van der Waals surface area contributed by atoms with Gasteiger partial charge in [-0.1, -0.05) is 12.1 Å². The molecule has 4 atom stereocenters. The van der Waals surface area contributed by atoms with Gasteiger partial charge >= 0.3 is 0 Å². The molecule has 0 spiro atoms. The number of Topliss-reactive ketones (excluding diaryl/α,β-unsaturated/α-hetero) is 1. The fourth-order valence-electron chi connectivity index (χ4n) is 4.40. The highest BCUT2D eigenvalue weighted by molar-refractivity contribution is 6.21. The molecule has 0 saturated heterocycles. The molecule has 28 heavy (non-hydrogen) atoms. The largest absolute Gasteiger partial charge is 0.483 e. The van der Waals surface area contributed by atoms with E-state index >= 15 is 0 Å². The Morgan fingerprint density at radius 1 is 1.11 bits per heavy atom. The summed E-state index contributed by atoms with van der Waals surface area (Å²) in [5.74, 6) is -0.0608. The van der Waals surface area contributed by atoms with Gasteiger partial charge in [0.15, 0.2) is 11.5 Å². The molecular formula is C21H18ClN3O3. The fourth-order valence-corrected chi connectivity index (χ4v) is 4.72. The minimum atomic E-state index is -0.602. The van der Waals surface area contributed by atoms with Gasteiger partial charge in [0.25, 0.3) is 5.91 Å². The van der Waals surface area contributed by atoms with Gasteiger partial charge in [-0.2, -0.15) is 0 Å². The van der Waals surface area contributed by atoms with E-state index in [9.17, 15) is 9.59 Å². The Labute approximate surface area is 167 Å². The summed E-state index contributed by atoms with van der Waals surface area (Å²) in [6.45, 7) is 0. The smallest absolute Gasteiger partial charge is 0.295 e. The van der Waals surface area contributed by atoms with E-state index in [1.165, 1.54) is 4.90 Å². The van der Waals surface area contributed by atoms with Crippen molar-refractivity contribution >= 4 is 29.1 Å². The summed E-state index contributed by atoms with van der Waals surface area (Å²) in [5, 5.41) is -0.0446. The zero-order valence-electron chi connectivity index (χ0n) is 15.0. The van der Waals surface area contributed by atoms with Gasteiger partial charge in [-0.3, -0.25) is 19.5 Å². The van der Waals surface area contributed by atoms with Crippen LogP contribution in [0.5, 0.6) is 0 Å². The van der Waals surface area contributed by atoms with Crippen molar-refractivity contribution < 1.29 is 14.3 Å². The maximum atomic E-state index is 13.5. The lowest BCUT2D eigenvalue weighted by Gasteiger charge is -2.37. The number of carbonyl (C=O) groups excluding carboxylic acids is 2. The number of amides is 1.